The number of aryl methyl sites for hydroxylation is 1. The largest absolute Gasteiger partial charge is 0.494 e. The first-order chi connectivity index (χ1) is 20.6. The maximum absolute atomic E-state index is 13.3. The molecule has 11 heteroatoms. The van der Waals surface area contributed by atoms with Crippen molar-refractivity contribution in [3.8, 4) is 39.8 Å². The molecule has 0 atom stereocenters. The lowest BCUT2D eigenvalue weighted by molar-refractivity contribution is 0.0964. The van der Waals surface area contributed by atoms with E-state index in [0.29, 0.717) is 73.1 Å². The number of hydrogen-bond acceptors (Lipinski definition) is 8. The number of amides is 1. The molecule has 1 N–H and O–H groups in total. The quantitative estimate of drug-likeness (QED) is 0.236. The highest BCUT2D eigenvalue weighted by molar-refractivity contribution is 7.92. The van der Waals surface area contributed by atoms with E-state index in [1.807, 2.05) is 31.2 Å². The molecule has 4 heterocycles. The molecule has 1 amide bonds. The minimum atomic E-state index is -3.70. The van der Waals surface area contributed by atoms with Crippen LogP contribution in [0.3, 0.4) is 0 Å². The summed E-state index contributed by atoms with van der Waals surface area (Å²) < 4.78 is 44.6. The smallest absolute Gasteiger partial charge is 0.255 e. The second-order valence-corrected chi connectivity index (χ2v) is 12.1. The Labute approximate surface area is 248 Å². The monoisotopic (exact) mass is 596 g/mol. The third-order valence-electron chi connectivity index (χ3n) is 7.29. The molecule has 4 aromatic heterocycles. The molecule has 0 fully saturated rings. The van der Waals surface area contributed by atoms with Crippen molar-refractivity contribution in [3.63, 3.8) is 0 Å². The van der Waals surface area contributed by atoms with Crippen molar-refractivity contribution in [2.75, 3.05) is 31.8 Å². The van der Waals surface area contributed by atoms with Gasteiger partial charge in [-0.2, -0.15) is 0 Å². The van der Waals surface area contributed by atoms with Gasteiger partial charge in [-0.15, -0.1) is 0 Å². The van der Waals surface area contributed by atoms with Gasteiger partial charge in [-0.1, -0.05) is 29.8 Å². The predicted octanol–water partition coefficient (Wildman–Crippen LogP) is 6.04. The van der Waals surface area contributed by atoms with Crippen molar-refractivity contribution in [3.05, 3.63) is 84.1 Å². The number of nitrogens with zero attached hydrogens (tertiary/aromatic N) is 3. The van der Waals surface area contributed by atoms with E-state index in [1.54, 1.807) is 55.7 Å². The molecule has 43 heavy (non-hydrogen) atoms. The summed E-state index contributed by atoms with van der Waals surface area (Å²) in [6.45, 7) is 1.97. The van der Waals surface area contributed by atoms with Crippen molar-refractivity contribution in [1.82, 2.24) is 15.3 Å². The van der Waals surface area contributed by atoms with Gasteiger partial charge in [0.1, 0.15) is 28.3 Å². The van der Waals surface area contributed by atoms with Gasteiger partial charge in [0.05, 0.1) is 30.3 Å². The van der Waals surface area contributed by atoms with E-state index >= 15 is 0 Å². The van der Waals surface area contributed by atoms with Crippen LogP contribution in [0.5, 0.6) is 5.75 Å². The second kappa shape index (κ2) is 10.6. The lowest BCUT2D eigenvalue weighted by atomic mass is 10.00. The number of sulfonamides is 1. The summed E-state index contributed by atoms with van der Waals surface area (Å²) in [5, 5.41) is 3.21. The first kappa shape index (κ1) is 28.0. The zero-order valence-electron chi connectivity index (χ0n) is 24.1. The summed E-state index contributed by atoms with van der Waals surface area (Å²) in [6.07, 6.45) is 2.79. The van der Waals surface area contributed by atoms with E-state index in [2.05, 4.69) is 10.3 Å². The Bertz CT molecular complexity index is 2100. The molecule has 0 spiro atoms. The number of fused-ring (bicyclic) bond motifs is 2. The zero-order valence-corrected chi connectivity index (χ0v) is 24.9. The highest BCUT2D eigenvalue weighted by atomic mass is 32.2. The maximum Gasteiger partial charge on any atom is 0.255 e. The summed E-state index contributed by atoms with van der Waals surface area (Å²) in [5.41, 5.74) is 5.30. The molecule has 6 rings (SSSR count). The van der Waals surface area contributed by atoms with Gasteiger partial charge in [-0.05, 0) is 37.3 Å². The zero-order chi connectivity index (χ0) is 30.5. The average Bonchev–Trinajstić information content (AvgIpc) is 3.61. The minimum absolute atomic E-state index is 0.317. The predicted molar refractivity (Wildman–Crippen MR) is 166 cm³/mol. The molecule has 0 aliphatic heterocycles. The minimum Gasteiger partial charge on any atom is -0.494 e. The molecule has 0 saturated carbocycles. The number of carbonyl (C=O) groups excluding carboxylic acids is 1. The Balaban J connectivity index is 1.64. The summed E-state index contributed by atoms with van der Waals surface area (Å²) in [6, 6.07) is 19.8. The number of rotatable bonds is 7. The van der Waals surface area contributed by atoms with E-state index in [-0.39, 0.29) is 5.91 Å². The number of methoxy groups -OCH3 is 1. The number of aromatic nitrogens is 2. The summed E-state index contributed by atoms with van der Waals surface area (Å²) in [4.78, 5) is 22.5. The van der Waals surface area contributed by atoms with Gasteiger partial charge < -0.3 is 18.9 Å². The van der Waals surface area contributed by atoms with Crippen LogP contribution in [0.2, 0.25) is 0 Å². The van der Waals surface area contributed by atoms with Gasteiger partial charge in [-0.25, -0.2) is 13.4 Å². The van der Waals surface area contributed by atoms with Crippen molar-refractivity contribution < 1.29 is 26.8 Å². The maximum atomic E-state index is 13.3. The fourth-order valence-electron chi connectivity index (χ4n) is 4.96. The Morgan fingerprint density at radius 1 is 1.00 bits per heavy atom. The molecule has 0 saturated heterocycles. The summed E-state index contributed by atoms with van der Waals surface area (Å²) >= 11 is 0. The van der Waals surface area contributed by atoms with Crippen LogP contribution in [-0.4, -0.2) is 51.8 Å². The number of furan rings is 2. The highest BCUT2D eigenvalue weighted by Gasteiger charge is 2.27. The number of pyridine rings is 2. The topological polar surface area (TPSA) is 128 Å². The van der Waals surface area contributed by atoms with Gasteiger partial charge in [0, 0.05) is 48.9 Å². The fraction of sp³-hybridized carbons (Fsp3) is 0.156. The van der Waals surface area contributed by atoms with Crippen LogP contribution in [0, 0.1) is 6.92 Å². The van der Waals surface area contributed by atoms with Crippen LogP contribution < -0.4 is 14.4 Å². The first-order valence-corrected chi connectivity index (χ1v) is 15.2. The van der Waals surface area contributed by atoms with Crippen LogP contribution in [0.25, 0.3) is 56.1 Å². The van der Waals surface area contributed by atoms with Crippen LogP contribution in [-0.2, 0) is 10.0 Å². The third kappa shape index (κ3) is 4.97. The molecule has 0 bridgehead atoms. The number of benzene rings is 2. The fourth-order valence-corrected chi connectivity index (χ4v) is 5.47. The molecular formula is C32H28N4O6S. The van der Waals surface area contributed by atoms with Crippen molar-refractivity contribution in [2.24, 2.45) is 0 Å². The van der Waals surface area contributed by atoms with Crippen LogP contribution in [0.4, 0.5) is 5.69 Å². The second-order valence-electron chi connectivity index (χ2n) is 10.1. The lowest BCUT2D eigenvalue weighted by Gasteiger charge is -2.20. The number of nitrogens with one attached hydrogen (secondary N) is 1. The Morgan fingerprint density at radius 3 is 2.44 bits per heavy atom. The highest BCUT2D eigenvalue weighted by Crippen LogP contribution is 2.42. The van der Waals surface area contributed by atoms with Gasteiger partial charge in [0.15, 0.2) is 11.3 Å². The van der Waals surface area contributed by atoms with Crippen LogP contribution in [0.15, 0.2) is 81.8 Å². The van der Waals surface area contributed by atoms with Gasteiger partial charge in [-0.3, -0.25) is 14.1 Å². The SMILES string of the molecule is CNC(=O)c1c(-c2ccc(C)cc2)oc2cc(N(C)S(C)(=O)=O)c(-c3ccc(OC)c(-c4cc5ncccc5o4)n3)cc12. The molecular weight excluding hydrogens is 568 g/mol. The summed E-state index contributed by atoms with van der Waals surface area (Å²) in [7, 11) is 0.841. The van der Waals surface area contributed by atoms with Crippen LogP contribution >= 0.6 is 0 Å². The number of hydrogen-bond donors (Lipinski definition) is 1. The van der Waals surface area contributed by atoms with Gasteiger partial charge in [0.25, 0.3) is 5.91 Å². The molecule has 2 aromatic carbocycles. The van der Waals surface area contributed by atoms with Crippen molar-refractivity contribution >= 4 is 43.7 Å². The van der Waals surface area contributed by atoms with Gasteiger partial charge >= 0.3 is 0 Å². The number of anilines is 1. The van der Waals surface area contributed by atoms with Crippen molar-refractivity contribution in [2.45, 2.75) is 6.92 Å². The molecule has 6 aromatic rings. The number of carbonyl (C=O) groups is 1. The first-order valence-electron chi connectivity index (χ1n) is 13.3. The lowest BCUT2D eigenvalue weighted by Crippen LogP contribution is -2.25. The Morgan fingerprint density at radius 2 is 1.77 bits per heavy atom. The molecule has 10 nitrogen and oxygen atoms in total. The van der Waals surface area contributed by atoms with E-state index in [4.69, 9.17) is 18.6 Å². The third-order valence-corrected chi connectivity index (χ3v) is 8.48. The molecule has 0 aliphatic rings. The Hall–Kier alpha value is -5.16. The normalized spacial score (nSPS) is 11.7. The average molecular weight is 597 g/mol. The molecule has 0 unspecified atom stereocenters. The molecule has 0 aliphatic carbocycles. The van der Waals surface area contributed by atoms with E-state index < -0.39 is 10.0 Å². The van der Waals surface area contributed by atoms with E-state index in [9.17, 15) is 13.2 Å². The molecule has 218 valence electrons. The molecule has 0 radical (unpaired) electrons. The standard InChI is InChI=1S/C32H28N4O6S/c1-18-8-10-19(11-9-18)31-29(32(37)33-2)21-15-20(24(17-27(21)42-31)36(3)43(5,38)39)22-12-13-26(40-4)30(35-22)28-16-23-25(41-28)7-6-14-34-23/h6-17H,1-5H3,(H,33,37). The van der Waals surface area contributed by atoms with E-state index in [1.165, 1.54) is 14.2 Å². The van der Waals surface area contributed by atoms with Crippen LogP contribution in [0.1, 0.15) is 15.9 Å². The summed E-state index contributed by atoms with van der Waals surface area (Å²) in [5.74, 6) is 0.917. The Kier molecular flexibility index (Phi) is 6.89. The van der Waals surface area contributed by atoms with Gasteiger partial charge in [0.2, 0.25) is 10.0 Å². The number of ether oxygens (including phenoxy) is 1. The van der Waals surface area contributed by atoms with Crippen molar-refractivity contribution in [1.29, 1.82) is 0 Å². The van der Waals surface area contributed by atoms with E-state index in [0.717, 1.165) is 16.1 Å².